The fourth-order valence-corrected chi connectivity index (χ4v) is 2.47. The number of H-pyrrole nitrogens is 1. The fourth-order valence-electron chi connectivity index (χ4n) is 2.47. The van der Waals surface area contributed by atoms with E-state index in [4.69, 9.17) is 11.2 Å². The Labute approximate surface area is 131 Å². The molecule has 0 fully saturated rings. The summed E-state index contributed by atoms with van der Waals surface area (Å²) in [4.78, 5) is 31.4. The van der Waals surface area contributed by atoms with Gasteiger partial charge < -0.3 is 9.30 Å². The third kappa shape index (κ3) is 2.30. The highest BCUT2D eigenvalue weighted by molar-refractivity contribution is 5.76. The average Bonchev–Trinajstić information content (AvgIpc) is 2.88. The maximum atomic E-state index is 12.5. The predicted molar refractivity (Wildman–Crippen MR) is 86.4 cm³/mol. The lowest BCUT2D eigenvalue weighted by Crippen LogP contribution is -2.35. The molecule has 7 nitrogen and oxygen atoms in total. The Bertz CT molecular complexity index is 1050. The number of aromatic nitrogens is 4. The molecule has 0 aliphatic heterocycles. The van der Waals surface area contributed by atoms with Crippen molar-refractivity contribution in [2.45, 2.75) is 6.54 Å². The fraction of sp³-hybridized carbons (Fsp3) is 0.188. The van der Waals surface area contributed by atoms with Crippen LogP contribution in [0.1, 0.15) is 0 Å². The molecule has 0 atom stereocenters. The van der Waals surface area contributed by atoms with Crippen LogP contribution in [0.15, 0.2) is 33.9 Å². The van der Waals surface area contributed by atoms with E-state index >= 15 is 0 Å². The number of aryl methyl sites for hydroxylation is 1. The molecule has 0 spiro atoms. The molecule has 0 bridgehead atoms. The molecule has 0 unspecified atom stereocenters. The Morgan fingerprint density at radius 1 is 1.39 bits per heavy atom. The summed E-state index contributed by atoms with van der Waals surface area (Å²) in [6, 6.07) is 7.29. The van der Waals surface area contributed by atoms with Crippen LogP contribution in [0.3, 0.4) is 0 Å². The van der Waals surface area contributed by atoms with Crippen molar-refractivity contribution in [1.82, 2.24) is 19.1 Å². The number of hydrogen-bond acceptors (Lipinski definition) is 4. The minimum Gasteiger partial charge on any atom is -0.497 e. The lowest BCUT2D eigenvalue weighted by atomic mass is 10.2. The normalized spacial score (nSPS) is 10.7. The Kier molecular flexibility index (Phi) is 3.50. The molecule has 0 aliphatic carbocycles. The number of imidazole rings is 1. The molecule has 1 aromatic carbocycles. The predicted octanol–water partition coefficient (Wildman–Crippen LogP) is 0.732. The van der Waals surface area contributed by atoms with Gasteiger partial charge in [-0.05, 0) is 12.1 Å². The lowest BCUT2D eigenvalue weighted by molar-refractivity contribution is 0.415. The van der Waals surface area contributed by atoms with E-state index in [1.807, 2.05) is 18.2 Å². The number of aromatic amines is 1. The van der Waals surface area contributed by atoms with E-state index in [9.17, 15) is 9.59 Å². The molecule has 2 aromatic heterocycles. The Morgan fingerprint density at radius 2 is 2.17 bits per heavy atom. The van der Waals surface area contributed by atoms with Crippen LogP contribution in [0, 0.1) is 12.3 Å². The molecule has 0 aliphatic rings. The van der Waals surface area contributed by atoms with E-state index in [0.717, 1.165) is 10.1 Å². The summed E-state index contributed by atoms with van der Waals surface area (Å²) in [7, 11) is 3.29. The van der Waals surface area contributed by atoms with E-state index in [-0.39, 0.29) is 17.7 Å². The number of ether oxygens (including phenoxy) is 1. The van der Waals surface area contributed by atoms with Crippen LogP contribution in [-0.4, -0.2) is 26.2 Å². The van der Waals surface area contributed by atoms with Crippen LogP contribution in [0.5, 0.6) is 5.75 Å². The highest BCUT2D eigenvalue weighted by Gasteiger charge is 2.16. The molecule has 116 valence electrons. The van der Waals surface area contributed by atoms with Gasteiger partial charge in [0.2, 0.25) is 0 Å². The van der Waals surface area contributed by atoms with Gasteiger partial charge in [-0.15, -0.1) is 6.42 Å². The van der Waals surface area contributed by atoms with Gasteiger partial charge in [0.1, 0.15) is 11.6 Å². The largest absolute Gasteiger partial charge is 0.497 e. The number of benzene rings is 1. The first-order valence-electron chi connectivity index (χ1n) is 6.84. The summed E-state index contributed by atoms with van der Waals surface area (Å²) in [5, 5.41) is 0. The van der Waals surface area contributed by atoms with E-state index in [2.05, 4.69) is 15.9 Å². The average molecular weight is 310 g/mol. The summed E-state index contributed by atoms with van der Waals surface area (Å²) in [6.07, 6.45) is 5.21. The van der Waals surface area contributed by atoms with Crippen molar-refractivity contribution in [3.8, 4) is 29.5 Å². The summed E-state index contributed by atoms with van der Waals surface area (Å²) in [6.45, 7) is -0.0935. The molecule has 0 amide bonds. The monoisotopic (exact) mass is 310 g/mol. The Morgan fingerprint density at radius 3 is 2.87 bits per heavy atom. The number of rotatable bonds is 3. The molecule has 23 heavy (non-hydrogen) atoms. The smallest absolute Gasteiger partial charge is 0.330 e. The van der Waals surface area contributed by atoms with Crippen molar-refractivity contribution in [2.24, 2.45) is 7.05 Å². The first kappa shape index (κ1) is 14.7. The topological polar surface area (TPSA) is 81.9 Å². The highest BCUT2D eigenvalue weighted by Crippen LogP contribution is 2.24. The summed E-state index contributed by atoms with van der Waals surface area (Å²) < 4.78 is 7.81. The lowest BCUT2D eigenvalue weighted by Gasteiger charge is -2.05. The number of terminal acetylenes is 1. The van der Waals surface area contributed by atoms with Gasteiger partial charge in [0.25, 0.3) is 5.56 Å². The second-order valence-corrected chi connectivity index (χ2v) is 4.95. The minimum absolute atomic E-state index is 0.0935. The van der Waals surface area contributed by atoms with Crippen LogP contribution < -0.4 is 16.0 Å². The minimum atomic E-state index is -0.573. The van der Waals surface area contributed by atoms with E-state index < -0.39 is 11.2 Å². The molecule has 0 saturated heterocycles. The molecule has 1 N–H and O–H groups in total. The summed E-state index contributed by atoms with van der Waals surface area (Å²) in [5.74, 6) is 3.52. The Balaban J connectivity index is 2.31. The first-order valence-corrected chi connectivity index (χ1v) is 6.84. The van der Waals surface area contributed by atoms with Crippen LogP contribution in [0.25, 0.3) is 22.6 Å². The quantitative estimate of drug-likeness (QED) is 0.723. The molecule has 0 saturated carbocycles. The van der Waals surface area contributed by atoms with Crippen LogP contribution in [0.2, 0.25) is 0 Å². The SMILES string of the molecule is C#CCn1c(=O)[nH]c2nc(-c3cccc(OC)c3)n(C)c2c1=O. The Hall–Kier alpha value is -3.27. The third-order valence-corrected chi connectivity index (χ3v) is 3.59. The highest BCUT2D eigenvalue weighted by atomic mass is 16.5. The van der Waals surface area contributed by atoms with Gasteiger partial charge >= 0.3 is 5.69 Å². The maximum absolute atomic E-state index is 12.5. The molecule has 3 aromatic rings. The molecular weight excluding hydrogens is 296 g/mol. The molecular formula is C16H14N4O3. The number of nitrogens with zero attached hydrogens (tertiary/aromatic N) is 3. The molecule has 7 heteroatoms. The van der Waals surface area contributed by atoms with Gasteiger partial charge in [0.05, 0.1) is 13.7 Å². The van der Waals surface area contributed by atoms with Crippen molar-refractivity contribution in [3.05, 3.63) is 45.1 Å². The van der Waals surface area contributed by atoms with E-state index in [1.54, 1.807) is 24.8 Å². The number of hydrogen-bond donors (Lipinski definition) is 1. The number of methoxy groups -OCH3 is 1. The second-order valence-electron chi connectivity index (χ2n) is 4.95. The standard InChI is InChI=1S/C16H14N4O3/c1-4-8-20-15(21)12-13(18-16(20)22)17-14(19(12)2)10-6-5-7-11(9-10)23-3/h1,5-7,9H,8H2,2-3H3,(H,18,22). The van der Waals surface area contributed by atoms with Crippen molar-refractivity contribution < 1.29 is 4.74 Å². The number of nitrogens with one attached hydrogen (secondary N) is 1. The third-order valence-electron chi connectivity index (χ3n) is 3.59. The van der Waals surface area contributed by atoms with Crippen molar-refractivity contribution in [2.75, 3.05) is 7.11 Å². The maximum Gasteiger partial charge on any atom is 0.330 e. The van der Waals surface area contributed by atoms with Gasteiger partial charge in [-0.3, -0.25) is 9.78 Å². The number of fused-ring (bicyclic) bond motifs is 1. The van der Waals surface area contributed by atoms with E-state index in [0.29, 0.717) is 11.6 Å². The zero-order chi connectivity index (χ0) is 16.6. The van der Waals surface area contributed by atoms with Crippen molar-refractivity contribution >= 4 is 11.2 Å². The summed E-state index contributed by atoms with van der Waals surface area (Å²) in [5.41, 5.74) is 0.250. The molecule has 2 heterocycles. The van der Waals surface area contributed by atoms with E-state index in [1.165, 1.54) is 0 Å². The van der Waals surface area contributed by atoms with Gasteiger partial charge in [0, 0.05) is 12.6 Å². The molecule has 0 radical (unpaired) electrons. The van der Waals surface area contributed by atoms with Gasteiger partial charge in [0.15, 0.2) is 11.2 Å². The zero-order valence-electron chi connectivity index (χ0n) is 12.7. The van der Waals surface area contributed by atoms with Crippen LogP contribution in [0.4, 0.5) is 0 Å². The van der Waals surface area contributed by atoms with Crippen molar-refractivity contribution in [1.29, 1.82) is 0 Å². The van der Waals surface area contributed by atoms with Crippen molar-refractivity contribution in [3.63, 3.8) is 0 Å². The second kappa shape index (κ2) is 5.50. The molecule has 3 rings (SSSR count). The van der Waals surface area contributed by atoms with Gasteiger partial charge in [-0.25, -0.2) is 14.3 Å². The summed E-state index contributed by atoms with van der Waals surface area (Å²) >= 11 is 0. The first-order chi connectivity index (χ1) is 11.1. The van der Waals surface area contributed by atoms with Gasteiger partial charge in [-0.1, -0.05) is 18.1 Å². The zero-order valence-corrected chi connectivity index (χ0v) is 12.7. The van der Waals surface area contributed by atoms with Crippen LogP contribution >= 0.6 is 0 Å². The van der Waals surface area contributed by atoms with Crippen LogP contribution in [-0.2, 0) is 13.6 Å². The van der Waals surface area contributed by atoms with Gasteiger partial charge in [-0.2, -0.15) is 0 Å².